The van der Waals surface area contributed by atoms with E-state index >= 15 is 0 Å². The van der Waals surface area contributed by atoms with Gasteiger partial charge in [0.05, 0.1) is 6.54 Å². The van der Waals surface area contributed by atoms with Gasteiger partial charge in [-0.15, -0.1) is 6.58 Å². The van der Waals surface area contributed by atoms with Crippen LogP contribution in [0.1, 0.15) is 44.1 Å². The summed E-state index contributed by atoms with van der Waals surface area (Å²) >= 11 is 0. The van der Waals surface area contributed by atoms with Crippen LogP contribution in [0, 0.1) is 0 Å². The minimum absolute atomic E-state index is 0.0563. The largest absolute Gasteiger partial charge is 0.374 e. The van der Waals surface area contributed by atoms with Crippen molar-refractivity contribution >= 4 is 11.6 Å². The predicted molar refractivity (Wildman–Crippen MR) is 105 cm³/mol. The van der Waals surface area contributed by atoms with Crippen LogP contribution in [0.2, 0.25) is 0 Å². The minimum Gasteiger partial charge on any atom is -0.374 e. The summed E-state index contributed by atoms with van der Waals surface area (Å²) in [5.74, 6) is -0.531. The fourth-order valence-electron chi connectivity index (χ4n) is 1.98. The molecule has 0 saturated heterocycles. The number of hydrogen-bond acceptors (Lipinski definition) is 4. The molecular weight excluding hydrogens is 314 g/mol. The molecule has 0 radical (unpaired) electrons. The highest BCUT2D eigenvalue weighted by atomic mass is 16.5. The molecule has 25 heavy (non-hydrogen) atoms. The van der Waals surface area contributed by atoms with Crippen molar-refractivity contribution in [2.75, 3.05) is 25.0 Å². The second kappa shape index (κ2) is 13.0. The normalized spacial score (nSPS) is 9.96. The summed E-state index contributed by atoms with van der Waals surface area (Å²) in [6, 6.07) is 3.55. The molecular formula is C20H31N3O2. The summed E-state index contributed by atoms with van der Waals surface area (Å²) in [4.78, 5) is 18.3. The van der Waals surface area contributed by atoms with Crippen molar-refractivity contribution in [3.05, 3.63) is 61.0 Å². The number of carbonyl (C=O) groups is 1. The molecule has 1 amide bonds. The Morgan fingerprint density at radius 1 is 1.40 bits per heavy atom. The summed E-state index contributed by atoms with van der Waals surface area (Å²) in [5.41, 5.74) is 1.78. The van der Waals surface area contributed by atoms with Crippen molar-refractivity contribution in [1.82, 2.24) is 10.0 Å². The average Bonchev–Trinajstić information content (AvgIpc) is 2.59. The molecule has 0 aliphatic heterocycles. The molecule has 0 spiro atoms. The smallest absolute Gasteiger partial charge is 0.296 e. The van der Waals surface area contributed by atoms with Crippen molar-refractivity contribution in [3.8, 4) is 0 Å². The number of pyridine rings is 1. The highest BCUT2D eigenvalue weighted by Gasteiger charge is 2.16. The van der Waals surface area contributed by atoms with Crippen molar-refractivity contribution in [1.29, 1.82) is 0 Å². The van der Waals surface area contributed by atoms with Crippen LogP contribution in [0.15, 0.2) is 55.3 Å². The van der Waals surface area contributed by atoms with Gasteiger partial charge >= 0.3 is 0 Å². The van der Waals surface area contributed by atoms with Gasteiger partial charge in [0, 0.05) is 25.5 Å². The SMILES string of the molecule is C=C(/C=C\C)CN(O)C(=O)c1cc(N(C)CCCC)ccn1.C=CC. The quantitative estimate of drug-likeness (QED) is 0.327. The second-order valence-electron chi connectivity index (χ2n) is 5.60. The van der Waals surface area contributed by atoms with Crippen molar-refractivity contribution < 1.29 is 10.0 Å². The first kappa shape index (κ1) is 22.6. The van der Waals surface area contributed by atoms with Crippen LogP contribution in [0.4, 0.5) is 5.69 Å². The van der Waals surface area contributed by atoms with Gasteiger partial charge in [0.15, 0.2) is 0 Å². The average molecular weight is 345 g/mol. The zero-order valence-electron chi connectivity index (χ0n) is 15.9. The lowest BCUT2D eigenvalue weighted by Gasteiger charge is -2.20. The van der Waals surface area contributed by atoms with E-state index in [1.807, 2.05) is 33.0 Å². The fraction of sp³-hybridized carbons (Fsp3) is 0.400. The highest BCUT2D eigenvalue weighted by molar-refractivity contribution is 5.92. The minimum atomic E-state index is -0.531. The Morgan fingerprint density at radius 2 is 2.04 bits per heavy atom. The molecule has 1 aromatic heterocycles. The standard InChI is InChI=1S/C17H25N3O2.C3H6/c1-5-7-11-19(4)15-9-10-18-16(12-15)17(21)20(22)13-14(3)8-6-2;1-3-2/h6,8-10,12,22H,3,5,7,11,13H2,1-2,4H3;3H,1H2,2H3/b8-6-;. The van der Waals surface area contributed by atoms with E-state index in [4.69, 9.17) is 0 Å². The van der Waals surface area contributed by atoms with E-state index in [0.717, 1.165) is 25.1 Å². The maximum Gasteiger partial charge on any atom is 0.296 e. The first-order valence-corrected chi connectivity index (χ1v) is 8.46. The molecule has 0 unspecified atom stereocenters. The van der Waals surface area contributed by atoms with Crippen LogP contribution in [-0.2, 0) is 0 Å². The molecule has 0 aromatic carbocycles. The Bertz CT molecular complexity index is 582. The van der Waals surface area contributed by atoms with Gasteiger partial charge in [-0.2, -0.15) is 0 Å². The first-order chi connectivity index (χ1) is 11.9. The molecule has 0 aliphatic carbocycles. The fourth-order valence-corrected chi connectivity index (χ4v) is 1.98. The zero-order chi connectivity index (χ0) is 19.2. The number of anilines is 1. The molecule has 5 heteroatoms. The van der Waals surface area contributed by atoms with E-state index in [9.17, 15) is 10.0 Å². The molecule has 1 rings (SSSR count). The number of hydroxylamine groups is 2. The van der Waals surface area contributed by atoms with Crippen LogP contribution >= 0.6 is 0 Å². The second-order valence-corrected chi connectivity index (χ2v) is 5.60. The van der Waals surface area contributed by atoms with Gasteiger partial charge in [-0.25, -0.2) is 5.06 Å². The van der Waals surface area contributed by atoms with Crippen molar-refractivity contribution in [2.24, 2.45) is 0 Å². The van der Waals surface area contributed by atoms with Crippen molar-refractivity contribution in [2.45, 2.75) is 33.6 Å². The molecule has 1 N–H and O–H groups in total. The van der Waals surface area contributed by atoms with Gasteiger partial charge in [-0.05, 0) is 38.0 Å². The van der Waals surface area contributed by atoms with E-state index < -0.39 is 5.91 Å². The van der Waals surface area contributed by atoms with E-state index in [2.05, 4.69) is 30.0 Å². The number of nitrogens with zero attached hydrogens (tertiary/aromatic N) is 3. The third-order valence-corrected chi connectivity index (χ3v) is 3.24. The van der Waals surface area contributed by atoms with Gasteiger partial charge in [-0.1, -0.05) is 38.2 Å². The maximum absolute atomic E-state index is 12.2. The molecule has 0 aliphatic rings. The molecule has 1 aromatic rings. The number of hydrogen-bond donors (Lipinski definition) is 1. The van der Waals surface area contributed by atoms with Crippen LogP contribution in [-0.4, -0.2) is 41.3 Å². The number of amides is 1. The lowest BCUT2D eigenvalue weighted by molar-refractivity contribution is -0.0510. The van der Waals surface area contributed by atoms with Crippen LogP contribution < -0.4 is 4.90 Å². The van der Waals surface area contributed by atoms with Crippen LogP contribution in [0.3, 0.4) is 0 Å². The monoisotopic (exact) mass is 345 g/mol. The summed E-state index contributed by atoms with van der Waals surface area (Å²) in [5, 5.41) is 10.5. The Morgan fingerprint density at radius 3 is 2.60 bits per heavy atom. The van der Waals surface area contributed by atoms with Gasteiger partial charge in [0.1, 0.15) is 5.69 Å². The van der Waals surface area contributed by atoms with E-state index in [1.54, 1.807) is 24.4 Å². The van der Waals surface area contributed by atoms with Gasteiger partial charge < -0.3 is 4.90 Å². The summed E-state index contributed by atoms with van der Waals surface area (Å²) in [7, 11) is 1.98. The molecule has 1 heterocycles. The molecule has 5 nitrogen and oxygen atoms in total. The summed E-state index contributed by atoms with van der Waals surface area (Å²) in [6.07, 6.45) is 9.08. The van der Waals surface area contributed by atoms with E-state index in [-0.39, 0.29) is 12.2 Å². The number of unbranched alkanes of at least 4 members (excludes halogenated alkanes) is 1. The molecule has 0 saturated carbocycles. The number of rotatable bonds is 8. The lowest BCUT2D eigenvalue weighted by atomic mass is 10.2. The molecule has 0 atom stereocenters. The third-order valence-electron chi connectivity index (χ3n) is 3.24. The summed E-state index contributed by atoms with van der Waals surface area (Å²) < 4.78 is 0. The number of carbonyl (C=O) groups excluding carboxylic acids is 1. The Kier molecular flexibility index (Phi) is 11.7. The highest BCUT2D eigenvalue weighted by Crippen LogP contribution is 2.15. The van der Waals surface area contributed by atoms with Crippen molar-refractivity contribution in [3.63, 3.8) is 0 Å². The predicted octanol–water partition coefficient (Wildman–Crippen LogP) is 4.47. The number of allylic oxidation sites excluding steroid dienone is 2. The first-order valence-electron chi connectivity index (χ1n) is 8.46. The van der Waals surface area contributed by atoms with E-state index in [1.165, 1.54) is 0 Å². The molecule has 0 bridgehead atoms. The van der Waals surface area contributed by atoms with E-state index in [0.29, 0.717) is 10.6 Å². The Balaban J connectivity index is 0.00000178. The van der Waals surface area contributed by atoms with Gasteiger partial charge in [-0.3, -0.25) is 15.0 Å². The molecule has 138 valence electrons. The molecule has 0 fully saturated rings. The maximum atomic E-state index is 12.2. The van der Waals surface area contributed by atoms with Gasteiger partial charge in [0.2, 0.25) is 0 Å². The summed E-state index contributed by atoms with van der Waals surface area (Å²) in [6.45, 7) is 14.0. The third kappa shape index (κ3) is 8.86. The number of aromatic nitrogens is 1. The Labute approximate surface area is 151 Å². The van der Waals surface area contributed by atoms with Gasteiger partial charge in [0.25, 0.3) is 5.91 Å². The Hall–Kier alpha value is -2.40. The zero-order valence-corrected chi connectivity index (χ0v) is 15.9. The van der Waals surface area contributed by atoms with Crippen LogP contribution in [0.25, 0.3) is 0 Å². The lowest BCUT2D eigenvalue weighted by Crippen LogP contribution is -2.30. The van der Waals surface area contributed by atoms with Crippen LogP contribution in [0.5, 0.6) is 0 Å². The topological polar surface area (TPSA) is 56.7 Å².